The van der Waals surface area contributed by atoms with Crippen LogP contribution >= 0.6 is 11.6 Å². The van der Waals surface area contributed by atoms with Crippen molar-refractivity contribution in [3.05, 3.63) is 58.1 Å². The van der Waals surface area contributed by atoms with Crippen LogP contribution in [0.5, 0.6) is 5.75 Å². The number of benzene rings is 2. The number of carbonyl (C=O) groups excluding carboxylic acids is 1. The molecule has 0 radical (unpaired) electrons. The minimum atomic E-state index is -4.53. The molecule has 3 rings (SSSR count). The van der Waals surface area contributed by atoms with E-state index < -0.39 is 16.8 Å². The van der Waals surface area contributed by atoms with Crippen LogP contribution in [0, 0.1) is 0 Å². The number of anilines is 1. The summed E-state index contributed by atoms with van der Waals surface area (Å²) in [5.74, 6) is 0.765. The van der Waals surface area contributed by atoms with Gasteiger partial charge in [0.15, 0.2) is 0 Å². The average Bonchev–Trinajstić information content (AvgIpc) is 2.59. The number of rotatable bonds is 2. The first-order valence-electron chi connectivity index (χ1n) is 7.86. The Hall–Kier alpha value is -2.41. The number of amides is 2. The molecule has 0 spiro atoms. The van der Waals surface area contributed by atoms with Crippen LogP contribution < -0.4 is 10.1 Å². The molecule has 26 heavy (non-hydrogen) atoms. The molecule has 1 N–H and O–H groups in total. The standard InChI is InChI=1S/C18H16ClF3N2O2/c1-26-14-4-2-12-10-24(7-6-11(12)8-14)17(25)23-13-3-5-15(16(19)9-13)18(20,21)22/h2-5,8-9H,6-7,10H2,1H3,(H,23,25). The van der Waals surface area contributed by atoms with Gasteiger partial charge in [0.05, 0.1) is 17.7 Å². The highest BCUT2D eigenvalue weighted by molar-refractivity contribution is 6.31. The van der Waals surface area contributed by atoms with Crippen LogP contribution in [0.25, 0.3) is 0 Å². The van der Waals surface area contributed by atoms with E-state index in [0.717, 1.165) is 29.0 Å². The fraction of sp³-hybridized carbons (Fsp3) is 0.278. The van der Waals surface area contributed by atoms with Gasteiger partial charge in [-0.1, -0.05) is 17.7 Å². The monoisotopic (exact) mass is 384 g/mol. The van der Waals surface area contributed by atoms with Crippen LogP contribution in [0.2, 0.25) is 5.02 Å². The van der Waals surface area contributed by atoms with Gasteiger partial charge in [-0.15, -0.1) is 0 Å². The molecule has 0 saturated heterocycles. The molecule has 0 aliphatic carbocycles. The van der Waals surface area contributed by atoms with Crippen molar-refractivity contribution in [2.24, 2.45) is 0 Å². The molecule has 0 saturated carbocycles. The number of nitrogens with one attached hydrogen (secondary N) is 1. The highest BCUT2D eigenvalue weighted by Crippen LogP contribution is 2.36. The smallest absolute Gasteiger partial charge is 0.417 e. The normalized spacial score (nSPS) is 14.0. The predicted molar refractivity (Wildman–Crippen MR) is 92.6 cm³/mol. The number of hydrogen-bond acceptors (Lipinski definition) is 2. The molecule has 2 aromatic carbocycles. The summed E-state index contributed by atoms with van der Waals surface area (Å²) in [5.41, 5.74) is 1.41. The van der Waals surface area contributed by atoms with Gasteiger partial charge in [0.1, 0.15) is 5.75 Å². The number of halogens is 4. The fourth-order valence-corrected chi connectivity index (χ4v) is 3.14. The number of alkyl halides is 3. The summed E-state index contributed by atoms with van der Waals surface area (Å²) in [6.07, 6.45) is -3.86. The van der Waals surface area contributed by atoms with Crippen molar-refractivity contribution in [2.75, 3.05) is 19.0 Å². The van der Waals surface area contributed by atoms with Crippen molar-refractivity contribution in [1.82, 2.24) is 4.90 Å². The van der Waals surface area contributed by atoms with Crippen molar-refractivity contribution in [3.8, 4) is 5.75 Å². The highest BCUT2D eigenvalue weighted by Gasteiger charge is 2.33. The van der Waals surface area contributed by atoms with E-state index in [1.54, 1.807) is 12.0 Å². The SMILES string of the molecule is COc1ccc2c(c1)CCN(C(=O)Nc1ccc(C(F)(F)F)c(Cl)c1)C2. The Morgan fingerprint density at radius 1 is 1.19 bits per heavy atom. The van der Waals surface area contributed by atoms with E-state index in [-0.39, 0.29) is 11.7 Å². The molecule has 0 atom stereocenters. The number of methoxy groups -OCH3 is 1. The van der Waals surface area contributed by atoms with Crippen LogP contribution in [0.3, 0.4) is 0 Å². The largest absolute Gasteiger partial charge is 0.497 e. The number of urea groups is 1. The number of carbonyl (C=O) groups is 1. The lowest BCUT2D eigenvalue weighted by Gasteiger charge is -2.29. The second-order valence-electron chi connectivity index (χ2n) is 5.93. The second kappa shape index (κ2) is 7.07. The molecule has 1 heterocycles. The quantitative estimate of drug-likeness (QED) is 0.795. The number of fused-ring (bicyclic) bond motifs is 1. The van der Waals surface area contributed by atoms with E-state index in [1.165, 1.54) is 6.07 Å². The lowest BCUT2D eigenvalue weighted by Crippen LogP contribution is -2.38. The van der Waals surface area contributed by atoms with Gasteiger partial charge in [-0.25, -0.2) is 4.79 Å². The molecule has 2 amide bonds. The van der Waals surface area contributed by atoms with E-state index in [4.69, 9.17) is 16.3 Å². The highest BCUT2D eigenvalue weighted by atomic mass is 35.5. The van der Waals surface area contributed by atoms with Crippen molar-refractivity contribution in [2.45, 2.75) is 19.1 Å². The summed E-state index contributed by atoms with van der Waals surface area (Å²) >= 11 is 5.68. The van der Waals surface area contributed by atoms with Gasteiger partial charge in [0, 0.05) is 18.8 Å². The Bertz CT molecular complexity index is 840. The van der Waals surface area contributed by atoms with Crippen LogP contribution in [0.15, 0.2) is 36.4 Å². The van der Waals surface area contributed by atoms with Crippen LogP contribution in [-0.2, 0) is 19.1 Å². The van der Waals surface area contributed by atoms with Gasteiger partial charge in [-0.05, 0) is 47.9 Å². The van der Waals surface area contributed by atoms with Crippen molar-refractivity contribution >= 4 is 23.3 Å². The van der Waals surface area contributed by atoms with E-state index >= 15 is 0 Å². The zero-order valence-electron chi connectivity index (χ0n) is 13.9. The van der Waals surface area contributed by atoms with Gasteiger partial charge in [0.25, 0.3) is 0 Å². The molecule has 8 heteroatoms. The number of hydrogen-bond donors (Lipinski definition) is 1. The van der Waals surface area contributed by atoms with E-state index in [2.05, 4.69) is 5.32 Å². The van der Waals surface area contributed by atoms with Gasteiger partial charge >= 0.3 is 12.2 Å². The Labute approximate surface area is 153 Å². The van der Waals surface area contributed by atoms with Crippen molar-refractivity contribution in [3.63, 3.8) is 0 Å². The first-order chi connectivity index (χ1) is 12.3. The van der Waals surface area contributed by atoms with Crippen LogP contribution in [0.4, 0.5) is 23.7 Å². The molecule has 0 fully saturated rings. The first kappa shape index (κ1) is 18.4. The summed E-state index contributed by atoms with van der Waals surface area (Å²) < 4.78 is 43.4. The molecule has 138 valence electrons. The predicted octanol–water partition coefficient (Wildman–Crippen LogP) is 4.96. The Morgan fingerprint density at radius 3 is 2.62 bits per heavy atom. The topological polar surface area (TPSA) is 41.6 Å². The maximum atomic E-state index is 12.7. The molecule has 2 aromatic rings. The summed E-state index contributed by atoms with van der Waals surface area (Å²) in [4.78, 5) is 14.0. The van der Waals surface area contributed by atoms with E-state index in [0.29, 0.717) is 19.5 Å². The van der Waals surface area contributed by atoms with E-state index in [9.17, 15) is 18.0 Å². The molecule has 0 aromatic heterocycles. The minimum absolute atomic E-state index is 0.216. The van der Waals surface area contributed by atoms with Crippen molar-refractivity contribution in [1.29, 1.82) is 0 Å². The Balaban J connectivity index is 1.70. The Kier molecular flexibility index (Phi) is 5.00. The Morgan fingerprint density at radius 2 is 1.96 bits per heavy atom. The third-order valence-electron chi connectivity index (χ3n) is 4.24. The summed E-state index contributed by atoms with van der Waals surface area (Å²) in [6, 6.07) is 8.44. The van der Waals surface area contributed by atoms with Crippen LogP contribution in [0.1, 0.15) is 16.7 Å². The van der Waals surface area contributed by atoms with Gasteiger partial charge in [-0.2, -0.15) is 13.2 Å². The van der Waals surface area contributed by atoms with Crippen molar-refractivity contribution < 1.29 is 22.7 Å². The molecular formula is C18H16ClF3N2O2. The summed E-state index contributed by atoms with van der Waals surface area (Å²) in [5, 5.41) is 2.14. The summed E-state index contributed by atoms with van der Waals surface area (Å²) in [7, 11) is 1.60. The fourth-order valence-electron chi connectivity index (χ4n) is 2.85. The second-order valence-corrected chi connectivity index (χ2v) is 6.34. The first-order valence-corrected chi connectivity index (χ1v) is 8.24. The van der Waals surface area contributed by atoms with Gasteiger partial charge in [-0.3, -0.25) is 0 Å². The minimum Gasteiger partial charge on any atom is -0.497 e. The van der Waals surface area contributed by atoms with Gasteiger partial charge in [0.2, 0.25) is 0 Å². The maximum Gasteiger partial charge on any atom is 0.417 e. The molecule has 0 unspecified atom stereocenters. The lowest BCUT2D eigenvalue weighted by molar-refractivity contribution is -0.137. The van der Waals surface area contributed by atoms with Gasteiger partial charge < -0.3 is 15.0 Å². The summed E-state index contributed by atoms with van der Waals surface area (Å²) in [6.45, 7) is 0.917. The third kappa shape index (κ3) is 3.88. The average molecular weight is 385 g/mol. The number of ether oxygens (including phenoxy) is 1. The lowest BCUT2D eigenvalue weighted by atomic mass is 10.00. The molecule has 4 nitrogen and oxygen atoms in total. The molecule has 0 bridgehead atoms. The molecule has 1 aliphatic heterocycles. The van der Waals surface area contributed by atoms with E-state index in [1.807, 2.05) is 18.2 Å². The number of nitrogens with zero attached hydrogens (tertiary/aromatic N) is 1. The molecule has 1 aliphatic rings. The zero-order valence-corrected chi connectivity index (χ0v) is 14.6. The maximum absolute atomic E-state index is 12.7. The third-order valence-corrected chi connectivity index (χ3v) is 4.55. The zero-order chi connectivity index (χ0) is 18.9. The van der Waals surface area contributed by atoms with Crippen LogP contribution in [-0.4, -0.2) is 24.6 Å². The molecular weight excluding hydrogens is 369 g/mol.